The normalized spacial score (nSPS) is 27.7. The molecule has 100 valence electrons. The number of fused-ring (bicyclic) bond motifs is 1. The van der Waals surface area contributed by atoms with Crippen LogP contribution < -0.4 is 4.90 Å². The van der Waals surface area contributed by atoms with Crippen molar-refractivity contribution in [3.05, 3.63) is 29.8 Å². The molecule has 3 nitrogen and oxygen atoms in total. The van der Waals surface area contributed by atoms with Gasteiger partial charge >= 0.3 is 0 Å². The fraction of sp³-hybridized carbons (Fsp3) is 0.562. The Hall–Kier alpha value is -1.53. The van der Waals surface area contributed by atoms with Crippen molar-refractivity contribution >= 4 is 5.69 Å². The van der Waals surface area contributed by atoms with Crippen molar-refractivity contribution < 1.29 is 0 Å². The van der Waals surface area contributed by atoms with Crippen LogP contribution in [-0.2, 0) is 0 Å². The molecule has 2 heterocycles. The zero-order valence-corrected chi connectivity index (χ0v) is 11.5. The number of benzene rings is 1. The first kappa shape index (κ1) is 12.5. The standard InChI is InChI=1S/C16H21N3/c1-13-11-18-8-3-2-6-16(18)12-19(13)15-7-4-5-14(9-15)10-17/h4-5,7,9,13,16H,2-3,6,8,11-12H2,1H3. The lowest BCUT2D eigenvalue weighted by Gasteiger charge is -2.48. The molecule has 0 N–H and O–H groups in total. The summed E-state index contributed by atoms with van der Waals surface area (Å²) in [7, 11) is 0. The van der Waals surface area contributed by atoms with Crippen LogP contribution in [0.15, 0.2) is 24.3 Å². The summed E-state index contributed by atoms with van der Waals surface area (Å²) in [6.45, 7) is 5.82. The van der Waals surface area contributed by atoms with Crippen LogP contribution in [0.1, 0.15) is 31.7 Å². The fourth-order valence-corrected chi connectivity index (χ4v) is 3.47. The summed E-state index contributed by atoms with van der Waals surface area (Å²) in [5.41, 5.74) is 1.97. The van der Waals surface area contributed by atoms with E-state index in [1.807, 2.05) is 18.2 Å². The second-order valence-corrected chi connectivity index (χ2v) is 5.81. The first-order valence-corrected chi connectivity index (χ1v) is 7.29. The summed E-state index contributed by atoms with van der Waals surface area (Å²) in [6, 6.07) is 11.5. The van der Waals surface area contributed by atoms with Gasteiger partial charge in [0.2, 0.25) is 0 Å². The average Bonchev–Trinajstić information content (AvgIpc) is 2.46. The van der Waals surface area contributed by atoms with Crippen LogP contribution in [0, 0.1) is 11.3 Å². The molecule has 0 amide bonds. The Morgan fingerprint density at radius 2 is 2.16 bits per heavy atom. The molecular weight excluding hydrogens is 234 g/mol. The van der Waals surface area contributed by atoms with E-state index in [2.05, 4.69) is 28.9 Å². The Labute approximate surface area is 115 Å². The number of hydrogen-bond acceptors (Lipinski definition) is 3. The van der Waals surface area contributed by atoms with Gasteiger partial charge in [0, 0.05) is 30.9 Å². The predicted molar refractivity (Wildman–Crippen MR) is 77.2 cm³/mol. The summed E-state index contributed by atoms with van der Waals surface area (Å²) >= 11 is 0. The van der Waals surface area contributed by atoms with E-state index in [4.69, 9.17) is 5.26 Å². The molecule has 3 heteroatoms. The van der Waals surface area contributed by atoms with Gasteiger partial charge in [-0.1, -0.05) is 12.5 Å². The molecule has 1 aromatic rings. The van der Waals surface area contributed by atoms with Gasteiger partial charge in [-0.05, 0) is 44.5 Å². The highest BCUT2D eigenvalue weighted by molar-refractivity contribution is 5.52. The van der Waals surface area contributed by atoms with Crippen LogP contribution in [0.5, 0.6) is 0 Å². The molecular formula is C16H21N3. The van der Waals surface area contributed by atoms with E-state index < -0.39 is 0 Å². The van der Waals surface area contributed by atoms with E-state index in [0.717, 1.165) is 18.7 Å². The van der Waals surface area contributed by atoms with Crippen LogP contribution in [-0.4, -0.2) is 36.6 Å². The van der Waals surface area contributed by atoms with Gasteiger partial charge in [0.15, 0.2) is 0 Å². The predicted octanol–water partition coefficient (Wildman–Crippen LogP) is 2.62. The summed E-state index contributed by atoms with van der Waals surface area (Å²) in [6.07, 6.45) is 4.04. The summed E-state index contributed by atoms with van der Waals surface area (Å²) in [5, 5.41) is 9.04. The number of rotatable bonds is 1. The van der Waals surface area contributed by atoms with E-state index in [1.54, 1.807) is 0 Å². The van der Waals surface area contributed by atoms with Gasteiger partial charge in [0.25, 0.3) is 0 Å². The average molecular weight is 255 g/mol. The highest BCUT2D eigenvalue weighted by Crippen LogP contribution is 2.28. The lowest BCUT2D eigenvalue weighted by atomic mass is 9.96. The minimum absolute atomic E-state index is 0.531. The van der Waals surface area contributed by atoms with Crippen LogP contribution >= 0.6 is 0 Å². The number of anilines is 1. The molecule has 2 aliphatic heterocycles. The van der Waals surface area contributed by atoms with Crippen molar-refractivity contribution in [2.75, 3.05) is 24.5 Å². The second kappa shape index (κ2) is 5.22. The number of piperazine rings is 1. The van der Waals surface area contributed by atoms with E-state index >= 15 is 0 Å². The molecule has 1 aromatic carbocycles. The van der Waals surface area contributed by atoms with Gasteiger partial charge in [-0.15, -0.1) is 0 Å². The molecule has 2 atom stereocenters. The van der Waals surface area contributed by atoms with Gasteiger partial charge in [0.05, 0.1) is 11.6 Å². The summed E-state index contributed by atoms with van der Waals surface area (Å²) in [5.74, 6) is 0. The van der Waals surface area contributed by atoms with Crippen LogP contribution in [0.25, 0.3) is 0 Å². The maximum absolute atomic E-state index is 9.04. The molecule has 0 aliphatic carbocycles. The summed E-state index contributed by atoms with van der Waals surface area (Å²) in [4.78, 5) is 5.13. The Balaban J connectivity index is 1.82. The number of nitriles is 1. The Morgan fingerprint density at radius 1 is 1.26 bits per heavy atom. The lowest BCUT2D eigenvalue weighted by Crippen LogP contribution is -2.58. The molecule has 19 heavy (non-hydrogen) atoms. The zero-order valence-electron chi connectivity index (χ0n) is 11.5. The van der Waals surface area contributed by atoms with Crippen molar-refractivity contribution in [1.29, 1.82) is 5.26 Å². The first-order chi connectivity index (χ1) is 9.28. The minimum atomic E-state index is 0.531. The number of nitrogens with zero attached hydrogens (tertiary/aromatic N) is 3. The van der Waals surface area contributed by atoms with Crippen LogP contribution in [0.4, 0.5) is 5.69 Å². The van der Waals surface area contributed by atoms with E-state index in [1.165, 1.54) is 31.5 Å². The maximum Gasteiger partial charge on any atom is 0.0992 e. The highest BCUT2D eigenvalue weighted by atomic mass is 15.3. The molecule has 0 aromatic heterocycles. The first-order valence-electron chi connectivity index (χ1n) is 7.29. The van der Waals surface area contributed by atoms with Crippen LogP contribution in [0.2, 0.25) is 0 Å². The Bertz CT molecular complexity index is 491. The monoisotopic (exact) mass is 255 g/mol. The van der Waals surface area contributed by atoms with Gasteiger partial charge in [0.1, 0.15) is 0 Å². The molecule has 2 fully saturated rings. The molecule has 0 radical (unpaired) electrons. The lowest BCUT2D eigenvalue weighted by molar-refractivity contribution is 0.115. The third kappa shape index (κ3) is 2.46. The molecule has 2 unspecified atom stereocenters. The maximum atomic E-state index is 9.04. The SMILES string of the molecule is CC1CN2CCCCC2CN1c1cccc(C#N)c1. The largest absolute Gasteiger partial charge is 0.366 e. The van der Waals surface area contributed by atoms with Crippen LogP contribution in [0.3, 0.4) is 0 Å². The van der Waals surface area contributed by atoms with Gasteiger partial charge < -0.3 is 4.90 Å². The van der Waals surface area contributed by atoms with Crippen molar-refractivity contribution in [2.24, 2.45) is 0 Å². The molecule has 0 spiro atoms. The zero-order chi connectivity index (χ0) is 13.2. The van der Waals surface area contributed by atoms with Crippen molar-refractivity contribution in [1.82, 2.24) is 4.90 Å². The third-order valence-corrected chi connectivity index (χ3v) is 4.49. The third-order valence-electron chi connectivity index (χ3n) is 4.49. The van der Waals surface area contributed by atoms with E-state index in [-0.39, 0.29) is 0 Å². The molecule has 3 rings (SSSR count). The van der Waals surface area contributed by atoms with E-state index in [9.17, 15) is 0 Å². The van der Waals surface area contributed by atoms with E-state index in [0.29, 0.717) is 12.1 Å². The highest BCUT2D eigenvalue weighted by Gasteiger charge is 2.32. The molecule has 2 saturated heterocycles. The number of piperidine rings is 1. The quantitative estimate of drug-likeness (QED) is 0.773. The number of hydrogen-bond donors (Lipinski definition) is 0. The van der Waals surface area contributed by atoms with Crippen molar-refractivity contribution in [2.45, 2.75) is 38.3 Å². The fourth-order valence-electron chi connectivity index (χ4n) is 3.47. The van der Waals surface area contributed by atoms with Gasteiger partial charge in [-0.2, -0.15) is 5.26 Å². The molecule has 0 saturated carbocycles. The van der Waals surface area contributed by atoms with Gasteiger partial charge in [-0.25, -0.2) is 0 Å². The topological polar surface area (TPSA) is 30.3 Å². The molecule has 0 bridgehead atoms. The second-order valence-electron chi connectivity index (χ2n) is 5.81. The van der Waals surface area contributed by atoms with Crippen molar-refractivity contribution in [3.8, 4) is 6.07 Å². The van der Waals surface area contributed by atoms with Gasteiger partial charge in [-0.3, -0.25) is 4.90 Å². The van der Waals surface area contributed by atoms with Crippen molar-refractivity contribution in [3.63, 3.8) is 0 Å². The summed E-state index contributed by atoms with van der Waals surface area (Å²) < 4.78 is 0. The molecule has 2 aliphatic rings. The Morgan fingerprint density at radius 3 is 3.00 bits per heavy atom. The minimum Gasteiger partial charge on any atom is -0.366 e. The Kier molecular flexibility index (Phi) is 3.44. The smallest absolute Gasteiger partial charge is 0.0992 e.